The maximum absolute atomic E-state index is 14.9. The van der Waals surface area contributed by atoms with E-state index >= 15 is 0 Å². The van der Waals surface area contributed by atoms with E-state index in [0.29, 0.717) is 65.9 Å². The quantitative estimate of drug-likeness (QED) is 0.150. The number of sulfonamides is 1. The van der Waals surface area contributed by atoms with Gasteiger partial charge in [-0.05, 0) is 121 Å². The summed E-state index contributed by atoms with van der Waals surface area (Å²) in [6.07, 6.45) is 7.81. The molecular weight excluding hydrogens is 841 g/mol. The number of benzene rings is 2. The molecule has 4 amide bonds. The van der Waals surface area contributed by atoms with Crippen LogP contribution in [0.4, 0.5) is 4.79 Å². The number of alkyl carbamates (subject to hydrolysis) is 1. The van der Waals surface area contributed by atoms with Crippen molar-refractivity contribution in [3.05, 3.63) is 48.5 Å². The van der Waals surface area contributed by atoms with E-state index < -0.39 is 62.3 Å². The van der Waals surface area contributed by atoms with Gasteiger partial charge in [0.25, 0.3) is 11.8 Å². The fourth-order valence-electron chi connectivity index (χ4n) is 9.57. The lowest BCUT2D eigenvalue weighted by Gasteiger charge is -2.30. The second kappa shape index (κ2) is 17.5. The summed E-state index contributed by atoms with van der Waals surface area (Å²) in [5, 5.41) is 6.57. The van der Waals surface area contributed by atoms with Gasteiger partial charge >= 0.3 is 6.09 Å². The summed E-state index contributed by atoms with van der Waals surface area (Å²) in [6.45, 7) is 5.44. The second-order valence-electron chi connectivity index (χ2n) is 18.9. The molecule has 5 aliphatic rings. The molecule has 9 rings (SSSR count). The summed E-state index contributed by atoms with van der Waals surface area (Å²) >= 11 is 0. The molecule has 0 bridgehead atoms. The molecule has 5 fully saturated rings. The van der Waals surface area contributed by atoms with Crippen LogP contribution in [0.15, 0.2) is 52.9 Å². The third kappa shape index (κ3) is 8.96. The van der Waals surface area contributed by atoms with Crippen LogP contribution in [0.5, 0.6) is 11.6 Å². The van der Waals surface area contributed by atoms with Crippen molar-refractivity contribution < 1.29 is 46.2 Å². The fourth-order valence-corrected chi connectivity index (χ4v) is 10.9. The Hall–Kier alpha value is -5.45. The largest absolute Gasteiger partial charge is 0.491 e. The predicted molar refractivity (Wildman–Crippen MR) is 237 cm³/mol. The number of hydrogen-bond acceptors (Lipinski definition) is 12. The lowest BCUT2D eigenvalue weighted by Crippen LogP contribution is -2.58. The van der Waals surface area contributed by atoms with Gasteiger partial charge in [-0.2, -0.15) is 4.98 Å². The molecule has 3 saturated carbocycles. The molecule has 3 N–H and O–H groups in total. The van der Waals surface area contributed by atoms with Gasteiger partial charge in [-0.15, -0.1) is 0 Å². The highest BCUT2D eigenvalue weighted by molar-refractivity contribution is 7.91. The Bertz CT molecular complexity index is 2540. The average Bonchev–Trinajstić information content (AvgIpc) is 3.92. The molecule has 17 heteroatoms. The lowest BCUT2D eigenvalue weighted by atomic mass is 10.0. The Morgan fingerprint density at radius 1 is 0.906 bits per heavy atom. The van der Waals surface area contributed by atoms with Gasteiger partial charge in [0.1, 0.15) is 46.7 Å². The van der Waals surface area contributed by atoms with Crippen molar-refractivity contribution in [1.29, 1.82) is 0 Å². The molecule has 16 nitrogen and oxygen atoms in total. The van der Waals surface area contributed by atoms with Gasteiger partial charge in [-0.25, -0.2) is 18.2 Å². The van der Waals surface area contributed by atoms with Crippen molar-refractivity contribution in [3.63, 3.8) is 0 Å². The summed E-state index contributed by atoms with van der Waals surface area (Å²) in [6, 6.07) is 12.7. The zero-order valence-electron chi connectivity index (χ0n) is 36.7. The van der Waals surface area contributed by atoms with Crippen LogP contribution in [0.1, 0.15) is 117 Å². The zero-order valence-corrected chi connectivity index (χ0v) is 37.5. The van der Waals surface area contributed by atoms with Crippen LogP contribution in [0.2, 0.25) is 0 Å². The number of amides is 4. The molecule has 0 radical (unpaired) electrons. The number of fused-ring (bicyclic) bond motifs is 5. The number of aromatic nitrogens is 2. The van der Waals surface area contributed by atoms with Crippen molar-refractivity contribution in [1.82, 2.24) is 30.2 Å². The van der Waals surface area contributed by atoms with Crippen molar-refractivity contribution in [3.8, 4) is 23.0 Å². The molecule has 4 heterocycles. The third-order valence-electron chi connectivity index (χ3n) is 13.7. The lowest BCUT2D eigenvalue weighted by molar-refractivity contribution is -0.141. The number of para-hydroxylation sites is 1. The molecule has 0 unspecified atom stereocenters. The highest BCUT2D eigenvalue weighted by atomic mass is 32.2. The van der Waals surface area contributed by atoms with Crippen LogP contribution in [-0.2, 0) is 29.1 Å². The number of carbonyl (C=O) groups is 4. The van der Waals surface area contributed by atoms with E-state index in [4.69, 9.17) is 28.6 Å². The first-order chi connectivity index (χ1) is 30.7. The topological polar surface area (TPSA) is 208 Å². The Balaban J connectivity index is 1.05. The number of nitrogens with zero attached hydrogens (tertiary/aromatic N) is 3. The van der Waals surface area contributed by atoms with Crippen LogP contribution < -0.4 is 24.8 Å². The predicted octanol–water partition coefficient (Wildman–Crippen LogP) is 6.83. The molecule has 2 aromatic carbocycles. The van der Waals surface area contributed by atoms with Gasteiger partial charge in [0, 0.05) is 17.4 Å². The molecule has 5 atom stereocenters. The number of nitrogens with one attached hydrogen (secondary N) is 3. The highest BCUT2D eigenvalue weighted by Crippen LogP contribution is 2.49. The van der Waals surface area contributed by atoms with Crippen molar-refractivity contribution >= 4 is 55.9 Å². The number of ether oxygens (including phenoxy) is 3. The summed E-state index contributed by atoms with van der Waals surface area (Å²) in [7, 11) is -4.00. The Morgan fingerprint density at radius 2 is 1.61 bits per heavy atom. The van der Waals surface area contributed by atoms with E-state index in [0.717, 1.165) is 56.8 Å². The second-order valence-corrected chi connectivity index (χ2v) is 21.1. The smallest absolute Gasteiger partial charge is 0.408 e. The van der Waals surface area contributed by atoms with Gasteiger partial charge in [0.05, 0.1) is 17.4 Å². The molecule has 64 heavy (non-hydrogen) atoms. The normalized spacial score (nSPS) is 26.3. The Labute approximate surface area is 373 Å². The monoisotopic (exact) mass is 898 g/mol. The Kier molecular flexibility index (Phi) is 12.0. The summed E-state index contributed by atoms with van der Waals surface area (Å²) in [5.41, 5.74) is 0.611. The minimum Gasteiger partial charge on any atom is -0.491 e. The molecule has 2 aromatic heterocycles. The molecule has 2 aliphatic heterocycles. The van der Waals surface area contributed by atoms with Gasteiger partial charge in [0.2, 0.25) is 27.4 Å². The van der Waals surface area contributed by atoms with Crippen molar-refractivity contribution in [2.24, 2.45) is 5.92 Å². The van der Waals surface area contributed by atoms with Gasteiger partial charge in [-0.3, -0.25) is 19.1 Å². The summed E-state index contributed by atoms with van der Waals surface area (Å²) < 4.78 is 52.5. The standard InChI is InChI=1S/C47H58N6O10S/c1-28(2)60-32-21-19-29(20-22-32)40-49-38-34-16-11-12-18-37(34)63-39(38)42(50-40)61-33-25-36-41(54)51-47(44(56)52-64(58,59)46(3)23-24-46)26-30(47)13-7-5-4-6-8-17-35(43(55)53(36)27-33)48-45(57)62-31-14-9-10-15-31/h11-12,16,18-22,28,30-31,33,35-36H,4-10,13-15,17,23-27H2,1-3H3,(H,48,57)(H,51,54)(H,52,56)/t30-,33-,35+,36+,47-/m1/s1. The van der Waals surface area contributed by atoms with Crippen LogP contribution in [0.3, 0.4) is 0 Å². The maximum atomic E-state index is 14.9. The number of carbonyl (C=O) groups excluding carboxylic acids is 4. The fraction of sp³-hybridized carbons (Fsp3) is 0.574. The van der Waals surface area contributed by atoms with E-state index in [1.54, 1.807) is 6.92 Å². The maximum Gasteiger partial charge on any atom is 0.408 e. The molecule has 3 aliphatic carbocycles. The van der Waals surface area contributed by atoms with Crippen LogP contribution in [0, 0.1) is 5.92 Å². The third-order valence-corrected chi connectivity index (χ3v) is 15.9. The minimum atomic E-state index is -4.00. The van der Waals surface area contributed by atoms with Crippen LogP contribution in [-0.4, -0.2) is 94.3 Å². The Morgan fingerprint density at radius 3 is 2.34 bits per heavy atom. The van der Waals surface area contributed by atoms with Crippen LogP contribution >= 0.6 is 0 Å². The number of rotatable bonds is 10. The van der Waals surface area contributed by atoms with E-state index in [2.05, 4.69) is 15.4 Å². The van der Waals surface area contributed by atoms with Crippen molar-refractivity contribution in [2.75, 3.05) is 6.54 Å². The molecule has 342 valence electrons. The first kappa shape index (κ1) is 43.8. The number of hydrogen-bond donors (Lipinski definition) is 3. The highest BCUT2D eigenvalue weighted by Gasteiger charge is 2.63. The van der Waals surface area contributed by atoms with Gasteiger partial charge in [-0.1, -0.05) is 44.2 Å². The average molecular weight is 899 g/mol. The number of furan rings is 1. The molecular formula is C47H58N6O10S. The zero-order chi connectivity index (χ0) is 44.8. The van der Waals surface area contributed by atoms with E-state index in [-0.39, 0.29) is 43.4 Å². The summed E-state index contributed by atoms with van der Waals surface area (Å²) in [4.78, 5) is 68.2. The first-order valence-corrected chi connectivity index (χ1v) is 24.5. The molecule has 0 spiro atoms. The van der Waals surface area contributed by atoms with E-state index in [1.165, 1.54) is 4.90 Å². The molecule has 4 aromatic rings. The molecule has 2 saturated heterocycles. The van der Waals surface area contributed by atoms with E-state index in [9.17, 15) is 27.6 Å². The van der Waals surface area contributed by atoms with Crippen LogP contribution in [0.25, 0.3) is 33.5 Å². The van der Waals surface area contributed by atoms with Gasteiger partial charge < -0.3 is 34.2 Å². The first-order valence-electron chi connectivity index (χ1n) is 23.0. The minimum absolute atomic E-state index is 0.00214. The van der Waals surface area contributed by atoms with E-state index in [1.807, 2.05) is 62.4 Å². The van der Waals surface area contributed by atoms with Gasteiger partial charge in [0.15, 0.2) is 5.82 Å². The van der Waals surface area contributed by atoms with Crippen molar-refractivity contribution in [2.45, 2.75) is 158 Å². The summed E-state index contributed by atoms with van der Waals surface area (Å²) in [5.74, 6) is -0.974. The SMILES string of the molecule is CC(C)Oc1ccc(-c2nc(O[C@@H]3C[C@H]4C(=O)N[C@]5(C(=O)NS(=O)(=O)C6(C)CC6)C[C@H]5CCCCCCC[C@H](NC(=O)OC5CCCC5)C(=O)N4C3)c3oc4ccccc4c3n2)cc1.